The molecule has 0 saturated carbocycles. The van der Waals surface area contributed by atoms with E-state index in [9.17, 15) is 14.9 Å². The van der Waals surface area contributed by atoms with E-state index >= 15 is 0 Å². The molecule has 1 aliphatic heterocycles. The van der Waals surface area contributed by atoms with Gasteiger partial charge in [-0.2, -0.15) is 0 Å². The Labute approximate surface area is 190 Å². The van der Waals surface area contributed by atoms with Gasteiger partial charge >= 0.3 is 0 Å². The number of nitro benzene ring substituents is 1. The molecule has 2 aromatic carbocycles. The van der Waals surface area contributed by atoms with Gasteiger partial charge in [-0.15, -0.1) is 10.2 Å². The zero-order chi connectivity index (χ0) is 22.8. The molecule has 0 N–H and O–H groups in total. The molecule has 32 heavy (non-hydrogen) atoms. The SMILES string of the molecule is Cc1ccc(-n2c(C)nnc2SC(=O)c2ccc(N3CCC[C@H](C)C3)c([N+](=O)[O-])c2)cc1. The molecule has 9 heteroatoms. The average Bonchev–Trinajstić information content (AvgIpc) is 3.13. The van der Waals surface area contributed by atoms with Crippen molar-refractivity contribution in [1.29, 1.82) is 0 Å². The number of rotatable bonds is 5. The lowest BCUT2D eigenvalue weighted by atomic mass is 9.99. The molecule has 8 nitrogen and oxygen atoms in total. The highest BCUT2D eigenvalue weighted by Crippen LogP contribution is 2.34. The number of carbonyl (C=O) groups is 1. The summed E-state index contributed by atoms with van der Waals surface area (Å²) in [5.74, 6) is 1.14. The first-order valence-corrected chi connectivity index (χ1v) is 11.4. The van der Waals surface area contributed by atoms with Gasteiger partial charge in [0.25, 0.3) is 5.69 Å². The molecule has 1 aromatic heterocycles. The van der Waals surface area contributed by atoms with Crippen LogP contribution >= 0.6 is 11.8 Å². The minimum Gasteiger partial charge on any atom is -0.366 e. The van der Waals surface area contributed by atoms with E-state index in [1.54, 1.807) is 16.7 Å². The number of benzene rings is 2. The number of aromatic nitrogens is 3. The highest BCUT2D eigenvalue weighted by Gasteiger charge is 2.26. The van der Waals surface area contributed by atoms with Gasteiger partial charge in [0.05, 0.1) is 4.92 Å². The zero-order valence-corrected chi connectivity index (χ0v) is 19.1. The summed E-state index contributed by atoms with van der Waals surface area (Å²) < 4.78 is 1.81. The topological polar surface area (TPSA) is 94.2 Å². The van der Waals surface area contributed by atoms with Gasteiger partial charge in [-0.05, 0) is 68.6 Å². The van der Waals surface area contributed by atoms with Crippen LogP contribution in [0.3, 0.4) is 0 Å². The number of piperidine rings is 1. The molecule has 1 atom stereocenters. The van der Waals surface area contributed by atoms with E-state index in [-0.39, 0.29) is 16.4 Å². The minimum absolute atomic E-state index is 0.0401. The van der Waals surface area contributed by atoms with Gasteiger partial charge in [0.15, 0.2) is 0 Å². The van der Waals surface area contributed by atoms with Gasteiger partial charge < -0.3 is 4.90 Å². The lowest BCUT2D eigenvalue weighted by Crippen LogP contribution is -2.34. The van der Waals surface area contributed by atoms with E-state index in [4.69, 9.17) is 0 Å². The van der Waals surface area contributed by atoms with Gasteiger partial charge in [0.1, 0.15) is 11.5 Å². The van der Waals surface area contributed by atoms with Gasteiger partial charge in [-0.25, -0.2) is 0 Å². The Morgan fingerprint density at radius 3 is 2.59 bits per heavy atom. The van der Waals surface area contributed by atoms with Crippen molar-refractivity contribution in [3.63, 3.8) is 0 Å². The molecule has 0 amide bonds. The van der Waals surface area contributed by atoms with Crippen molar-refractivity contribution in [2.45, 2.75) is 38.8 Å². The van der Waals surface area contributed by atoms with Crippen LogP contribution in [0.5, 0.6) is 0 Å². The minimum atomic E-state index is -0.408. The second-order valence-corrected chi connectivity index (χ2v) is 9.18. The predicted molar refractivity (Wildman–Crippen MR) is 125 cm³/mol. The first kappa shape index (κ1) is 22.0. The van der Waals surface area contributed by atoms with Crippen LogP contribution in [0.25, 0.3) is 5.69 Å². The Bertz CT molecular complexity index is 1160. The molecule has 0 unspecified atom stereocenters. The van der Waals surface area contributed by atoms with Crippen LogP contribution in [-0.2, 0) is 0 Å². The molecule has 2 heterocycles. The van der Waals surface area contributed by atoms with Crippen molar-refractivity contribution in [3.8, 4) is 5.69 Å². The molecule has 0 bridgehead atoms. The van der Waals surface area contributed by atoms with Gasteiger partial charge in [0, 0.05) is 30.4 Å². The van der Waals surface area contributed by atoms with Crippen LogP contribution in [0.2, 0.25) is 0 Å². The van der Waals surface area contributed by atoms with Crippen molar-refractivity contribution >= 4 is 28.3 Å². The van der Waals surface area contributed by atoms with E-state index < -0.39 is 4.92 Å². The molecule has 166 valence electrons. The maximum absolute atomic E-state index is 13.0. The van der Waals surface area contributed by atoms with Crippen molar-refractivity contribution in [1.82, 2.24) is 14.8 Å². The van der Waals surface area contributed by atoms with Gasteiger partial charge in [-0.3, -0.25) is 19.5 Å². The predicted octanol–water partition coefficient (Wildman–Crippen LogP) is 4.96. The molecule has 0 aliphatic carbocycles. The number of hydrogen-bond acceptors (Lipinski definition) is 7. The molecular formula is C23H25N5O3S. The second kappa shape index (κ2) is 9.12. The quantitative estimate of drug-likeness (QED) is 0.307. The van der Waals surface area contributed by atoms with Crippen LogP contribution in [0.4, 0.5) is 11.4 Å². The third-order valence-electron chi connectivity index (χ3n) is 5.68. The number of hydrogen-bond donors (Lipinski definition) is 0. The Hall–Kier alpha value is -3.20. The number of carbonyl (C=O) groups excluding carboxylic acids is 1. The Morgan fingerprint density at radius 1 is 1.16 bits per heavy atom. The number of thioether (sulfide) groups is 1. The van der Waals surface area contributed by atoms with Gasteiger partial charge in [0.2, 0.25) is 10.3 Å². The summed E-state index contributed by atoms with van der Waals surface area (Å²) in [6.45, 7) is 7.54. The maximum Gasteiger partial charge on any atom is 0.293 e. The average molecular weight is 452 g/mol. The molecule has 3 aromatic rings. The monoisotopic (exact) mass is 451 g/mol. The third-order valence-corrected chi connectivity index (χ3v) is 6.54. The Morgan fingerprint density at radius 2 is 1.91 bits per heavy atom. The summed E-state index contributed by atoms with van der Waals surface area (Å²) >= 11 is 0.920. The standard InChI is InChI=1S/C23H25N5O3S/c1-15-6-9-19(10-7-15)27-17(3)24-25-23(27)32-22(29)18-8-11-20(21(13-18)28(30)31)26-12-4-5-16(2)14-26/h6-11,13,16H,4-5,12,14H2,1-3H3/t16-/m0/s1. The fraction of sp³-hybridized carbons (Fsp3) is 0.348. The summed E-state index contributed by atoms with van der Waals surface area (Å²) in [5.41, 5.74) is 2.78. The fourth-order valence-corrected chi connectivity index (χ4v) is 4.84. The molecule has 1 aliphatic rings. The van der Waals surface area contributed by atoms with Crippen LogP contribution in [-0.4, -0.2) is 37.9 Å². The second-order valence-electron chi connectivity index (χ2n) is 8.24. The highest BCUT2D eigenvalue weighted by atomic mass is 32.2. The number of anilines is 1. The van der Waals surface area contributed by atoms with E-state index in [2.05, 4.69) is 17.1 Å². The van der Waals surface area contributed by atoms with Crippen molar-refractivity contribution in [2.24, 2.45) is 5.92 Å². The molecule has 1 fully saturated rings. The number of aryl methyl sites for hydroxylation is 2. The summed E-state index contributed by atoms with van der Waals surface area (Å²) in [6.07, 6.45) is 2.13. The fourth-order valence-electron chi connectivity index (χ4n) is 4.01. The van der Waals surface area contributed by atoms with Gasteiger partial charge in [-0.1, -0.05) is 24.6 Å². The van der Waals surface area contributed by atoms with Crippen LogP contribution in [0.15, 0.2) is 47.6 Å². The summed E-state index contributed by atoms with van der Waals surface area (Å²) in [6, 6.07) is 12.6. The molecule has 4 rings (SSSR count). The van der Waals surface area contributed by atoms with Crippen LogP contribution < -0.4 is 4.90 Å². The molecule has 0 radical (unpaired) electrons. The zero-order valence-electron chi connectivity index (χ0n) is 18.3. The lowest BCUT2D eigenvalue weighted by molar-refractivity contribution is -0.384. The normalized spacial score (nSPS) is 16.2. The molecule has 1 saturated heterocycles. The largest absolute Gasteiger partial charge is 0.366 e. The van der Waals surface area contributed by atoms with E-state index in [0.29, 0.717) is 22.6 Å². The van der Waals surface area contributed by atoms with Crippen LogP contribution in [0, 0.1) is 29.9 Å². The van der Waals surface area contributed by atoms with Crippen molar-refractivity contribution in [2.75, 3.05) is 18.0 Å². The van der Waals surface area contributed by atoms with Crippen molar-refractivity contribution < 1.29 is 9.72 Å². The van der Waals surface area contributed by atoms with E-state index in [1.165, 1.54) is 6.07 Å². The Balaban J connectivity index is 1.61. The third kappa shape index (κ3) is 4.52. The highest BCUT2D eigenvalue weighted by molar-refractivity contribution is 8.14. The molecular weight excluding hydrogens is 426 g/mol. The first-order valence-electron chi connectivity index (χ1n) is 10.6. The smallest absolute Gasteiger partial charge is 0.293 e. The number of nitrogens with zero attached hydrogens (tertiary/aromatic N) is 5. The molecule has 0 spiro atoms. The Kier molecular flexibility index (Phi) is 6.27. The number of nitro groups is 1. The lowest BCUT2D eigenvalue weighted by Gasteiger charge is -2.32. The first-order chi connectivity index (χ1) is 15.3. The van der Waals surface area contributed by atoms with E-state index in [1.807, 2.05) is 43.0 Å². The summed E-state index contributed by atoms with van der Waals surface area (Å²) in [4.78, 5) is 26.4. The summed E-state index contributed by atoms with van der Waals surface area (Å²) in [5, 5.41) is 20.2. The van der Waals surface area contributed by atoms with E-state index in [0.717, 1.165) is 48.9 Å². The van der Waals surface area contributed by atoms with Crippen molar-refractivity contribution in [3.05, 3.63) is 69.5 Å². The van der Waals surface area contributed by atoms with Crippen LogP contribution in [0.1, 0.15) is 41.5 Å². The maximum atomic E-state index is 13.0. The summed E-state index contributed by atoms with van der Waals surface area (Å²) in [7, 11) is 0.